The first-order chi connectivity index (χ1) is 8.58. The summed E-state index contributed by atoms with van der Waals surface area (Å²) < 4.78 is 6.06. The first kappa shape index (κ1) is 11.7. The predicted molar refractivity (Wildman–Crippen MR) is 72.9 cm³/mol. The van der Waals surface area contributed by atoms with Crippen molar-refractivity contribution in [1.82, 2.24) is 10.3 Å². The van der Waals surface area contributed by atoms with Crippen LogP contribution in [-0.4, -0.2) is 18.1 Å². The van der Waals surface area contributed by atoms with Gasteiger partial charge in [-0.15, -0.1) is 0 Å². The topological polar surface area (TPSA) is 38.1 Å². The van der Waals surface area contributed by atoms with Crippen LogP contribution in [0, 0.1) is 13.8 Å². The molecular weight excluding hydrogens is 224 g/mol. The summed E-state index contributed by atoms with van der Waals surface area (Å²) in [6.45, 7) is 8.56. The molecule has 0 saturated carbocycles. The van der Waals surface area contributed by atoms with E-state index in [1.54, 1.807) is 0 Å². The van der Waals surface area contributed by atoms with Gasteiger partial charge in [0.25, 0.3) is 0 Å². The molecule has 0 amide bonds. The largest absolute Gasteiger partial charge is 0.440 e. The highest BCUT2D eigenvalue weighted by atomic mass is 16.3. The van der Waals surface area contributed by atoms with Gasteiger partial charge >= 0.3 is 0 Å². The van der Waals surface area contributed by atoms with E-state index < -0.39 is 0 Å². The Balaban J connectivity index is 2.10. The van der Waals surface area contributed by atoms with Crippen molar-refractivity contribution in [3.63, 3.8) is 0 Å². The highest BCUT2D eigenvalue weighted by molar-refractivity contribution is 5.77. The minimum absolute atomic E-state index is 0.0879. The highest BCUT2D eigenvalue weighted by Gasteiger charge is 2.33. The maximum atomic E-state index is 6.06. The molecule has 3 rings (SSSR count). The van der Waals surface area contributed by atoms with Gasteiger partial charge in [0, 0.05) is 5.41 Å². The summed E-state index contributed by atoms with van der Waals surface area (Å²) in [6.07, 6.45) is 2.19. The molecule has 1 N–H and O–H groups in total. The number of benzene rings is 1. The standard InChI is InChI=1S/C15H20N2O/c1-10-8-11(2)13-12(9-10)17-14(18-13)15(3)4-6-16-7-5-15/h8-9,16H,4-7H2,1-3H3. The molecule has 0 atom stereocenters. The Labute approximate surface area is 108 Å². The Morgan fingerprint density at radius 2 is 1.94 bits per heavy atom. The fourth-order valence-corrected chi connectivity index (χ4v) is 2.83. The van der Waals surface area contributed by atoms with Crippen molar-refractivity contribution in [3.8, 4) is 0 Å². The number of rotatable bonds is 1. The maximum absolute atomic E-state index is 6.06. The Bertz CT molecular complexity index is 579. The van der Waals surface area contributed by atoms with E-state index >= 15 is 0 Å². The van der Waals surface area contributed by atoms with Gasteiger partial charge in [0.05, 0.1) is 0 Å². The van der Waals surface area contributed by atoms with Gasteiger partial charge in [-0.3, -0.25) is 0 Å². The molecule has 1 aliphatic heterocycles. The molecule has 0 bridgehead atoms. The van der Waals surface area contributed by atoms with Gasteiger partial charge in [0.2, 0.25) is 5.89 Å². The molecule has 1 aliphatic rings. The minimum Gasteiger partial charge on any atom is -0.440 e. The fraction of sp³-hybridized carbons (Fsp3) is 0.533. The SMILES string of the molecule is Cc1cc(C)c2oc(C3(C)CCNCC3)nc2c1. The Kier molecular flexibility index (Phi) is 2.67. The lowest BCUT2D eigenvalue weighted by molar-refractivity contribution is 0.274. The average molecular weight is 244 g/mol. The third-order valence-electron chi connectivity index (χ3n) is 4.04. The van der Waals surface area contributed by atoms with Crippen LogP contribution in [-0.2, 0) is 5.41 Å². The molecular formula is C15H20N2O. The number of hydrogen-bond acceptors (Lipinski definition) is 3. The molecule has 96 valence electrons. The van der Waals surface area contributed by atoms with Crippen LogP contribution in [0.1, 0.15) is 36.8 Å². The molecule has 2 aromatic rings. The maximum Gasteiger partial charge on any atom is 0.201 e. The highest BCUT2D eigenvalue weighted by Crippen LogP contribution is 2.35. The Hall–Kier alpha value is -1.35. The van der Waals surface area contributed by atoms with Crippen LogP contribution in [0.3, 0.4) is 0 Å². The minimum atomic E-state index is 0.0879. The monoisotopic (exact) mass is 244 g/mol. The summed E-state index contributed by atoms with van der Waals surface area (Å²) in [7, 11) is 0. The van der Waals surface area contributed by atoms with Crippen molar-refractivity contribution in [2.75, 3.05) is 13.1 Å². The van der Waals surface area contributed by atoms with E-state index in [4.69, 9.17) is 9.40 Å². The van der Waals surface area contributed by atoms with Gasteiger partial charge in [0.15, 0.2) is 5.58 Å². The molecule has 3 heteroatoms. The Morgan fingerprint density at radius 1 is 1.22 bits per heavy atom. The lowest BCUT2D eigenvalue weighted by atomic mass is 9.81. The molecule has 3 nitrogen and oxygen atoms in total. The van der Waals surface area contributed by atoms with Crippen LogP contribution in [0.2, 0.25) is 0 Å². The van der Waals surface area contributed by atoms with Crippen molar-refractivity contribution in [2.24, 2.45) is 0 Å². The number of nitrogens with one attached hydrogen (secondary N) is 1. The second-order valence-corrected chi connectivity index (χ2v) is 5.76. The molecule has 2 heterocycles. The molecule has 1 fully saturated rings. The number of aryl methyl sites for hydroxylation is 2. The average Bonchev–Trinajstić information content (AvgIpc) is 2.74. The van der Waals surface area contributed by atoms with Crippen LogP contribution in [0.5, 0.6) is 0 Å². The zero-order chi connectivity index (χ0) is 12.8. The van der Waals surface area contributed by atoms with E-state index in [1.807, 2.05) is 0 Å². The van der Waals surface area contributed by atoms with Crippen molar-refractivity contribution < 1.29 is 4.42 Å². The van der Waals surface area contributed by atoms with Crippen molar-refractivity contribution in [1.29, 1.82) is 0 Å². The zero-order valence-corrected chi connectivity index (χ0v) is 11.3. The van der Waals surface area contributed by atoms with Gasteiger partial charge < -0.3 is 9.73 Å². The number of nitrogens with zero attached hydrogens (tertiary/aromatic N) is 1. The number of hydrogen-bond donors (Lipinski definition) is 1. The van der Waals surface area contributed by atoms with Crippen LogP contribution in [0.15, 0.2) is 16.5 Å². The second kappa shape index (κ2) is 4.09. The van der Waals surface area contributed by atoms with Gasteiger partial charge in [-0.1, -0.05) is 13.0 Å². The number of aromatic nitrogens is 1. The fourth-order valence-electron chi connectivity index (χ4n) is 2.83. The normalized spacial score (nSPS) is 19.3. The van der Waals surface area contributed by atoms with E-state index in [0.717, 1.165) is 42.9 Å². The third-order valence-corrected chi connectivity index (χ3v) is 4.04. The number of piperidine rings is 1. The van der Waals surface area contributed by atoms with E-state index in [1.165, 1.54) is 11.1 Å². The van der Waals surface area contributed by atoms with Gasteiger partial charge in [-0.2, -0.15) is 0 Å². The third kappa shape index (κ3) is 1.83. The van der Waals surface area contributed by atoms with Crippen molar-refractivity contribution in [3.05, 3.63) is 29.2 Å². The first-order valence-electron chi connectivity index (χ1n) is 6.67. The summed E-state index contributed by atoms with van der Waals surface area (Å²) in [5.41, 5.74) is 4.47. The number of fused-ring (bicyclic) bond motifs is 1. The molecule has 0 aliphatic carbocycles. The first-order valence-corrected chi connectivity index (χ1v) is 6.67. The van der Waals surface area contributed by atoms with Crippen molar-refractivity contribution in [2.45, 2.75) is 39.0 Å². The van der Waals surface area contributed by atoms with Crippen LogP contribution in [0.4, 0.5) is 0 Å². The van der Waals surface area contributed by atoms with E-state index in [-0.39, 0.29) is 5.41 Å². The van der Waals surface area contributed by atoms with Crippen LogP contribution in [0.25, 0.3) is 11.1 Å². The van der Waals surface area contributed by atoms with Crippen molar-refractivity contribution >= 4 is 11.1 Å². The molecule has 0 spiro atoms. The summed E-state index contributed by atoms with van der Waals surface area (Å²) in [5, 5.41) is 3.39. The van der Waals surface area contributed by atoms with E-state index in [0.29, 0.717) is 0 Å². The van der Waals surface area contributed by atoms with Gasteiger partial charge in [-0.25, -0.2) is 4.98 Å². The molecule has 1 aromatic carbocycles. The molecule has 18 heavy (non-hydrogen) atoms. The van der Waals surface area contributed by atoms with Gasteiger partial charge in [-0.05, 0) is 57.0 Å². The lowest BCUT2D eigenvalue weighted by Gasteiger charge is -2.30. The molecule has 1 saturated heterocycles. The van der Waals surface area contributed by atoms with Crippen LogP contribution < -0.4 is 5.32 Å². The van der Waals surface area contributed by atoms with Gasteiger partial charge in [0.1, 0.15) is 5.52 Å². The zero-order valence-electron chi connectivity index (χ0n) is 11.3. The van der Waals surface area contributed by atoms with E-state index in [2.05, 4.69) is 38.2 Å². The summed E-state index contributed by atoms with van der Waals surface area (Å²) in [4.78, 5) is 4.74. The molecule has 1 aromatic heterocycles. The summed E-state index contributed by atoms with van der Waals surface area (Å²) in [6, 6.07) is 4.27. The molecule has 0 radical (unpaired) electrons. The quantitative estimate of drug-likeness (QED) is 0.837. The summed E-state index contributed by atoms with van der Waals surface area (Å²) in [5.74, 6) is 0.910. The van der Waals surface area contributed by atoms with E-state index in [9.17, 15) is 0 Å². The second-order valence-electron chi connectivity index (χ2n) is 5.76. The Morgan fingerprint density at radius 3 is 2.67 bits per heavy atom. The van der Waals surface area contributed by atoms with Crippen LogP contribution >= 0.6 is 0 Å². The smallest absolute Gasteiger partial charge is 0.201 e. The summed E-state index contributed by atoms with van der Waals surface area (Å²) >= 11 is 0. The number of oxazole rings is 1. The molecule has 0 unspecified atom stereocenters. The predicted octanol–water partition coefficient (Wildman–Crippen LogP) is 3.09. The lowest BCUT2D eigenvalue weighted by Crippen LogP contribution is -2.37.